The number of rotatable bonds is 4. The van der Waals surface area contributed by atoms with E-state index in [1.54, 1.807) is 12.1 Å². The fourth-order valence-electron chi connectivity index (χ4n) is 3.66. The average Bonchev–Trinajstić information content (AvgIpc) is 3.17. The quantitative estimate of drug-likeness (QED) is 0.852. The van der Waals surface area contributed by atoms with E-state index in [4.69, 9.17) is 4.74 Å². The normalized spacial score (nSPS) is 21.6. The van der Waals surface area contributed by atoms with Crippen LogP contribution in [-0.4, -0.2) is 42.7 Å². The lowest BCUT2D eigenvalue weighted by Crippen LogP contribution is -2.37. The fraction of sp³-hybridized carbons (Fsp3) is 0.450. The van der Waals surface area contributed by atoms with E-state index in [0.29, 0.717) is 6.61 Å². The zero-order chi connectivity index (χ0) is 17.1. The van der Waals surface area contributed by atoms with E-state index in [2.05, 4.69) is 26.9 Å². The number of halogens is 1. The van der Waals surface area contributed by atoms with Crippen molar-refractivity contribution in [2.75, 3.05) is 37.7 Å². The molecule has 0 radical (unpaired) electrons. The van der Waals surface area contributed by atoms with Crippen molar-refractivity contribution in [3.8, 4) is 0 Å². The lowest BCUT2D eigenvalue weighted by molar-refractivity contribution is -0.0330. The third kappa shape index (κ3) is 3.99. The number of benzene rings is 1. The van der Waals surface area contributed by atoms with Crippen LogP contribution in [0.4, 0.5) is 10.2 Å². The van der Waals surface area contributed by atoms with Crippen LogP contribution in [0.25, 0.3) is 0 Å². The number of hydrogen-bond acceptors (Lipinski definition) is 4. The summed E-state index contributed by atoms with van der Waals surface area (Å²) >= 11 is 0. The number of morpholine rings is 1. The third-order valence-electron chi connectivity index (χ3n) is 5.02. The van der Waals surface area contributed by atoms with Gasteiger partial charge in [-0.05, 0) is 42.2 Å². The maximum atomic E-state index is 13.5. The average molecular weight is 341 g/mol. The van der Waals surface area contributed by atoms with Gasteiger partial charge in [0.1, 0.15) is 11.6 Å². The molecule has 4 nitrogen and oxygen atoms in total. The van der Waals surface area contributed by atoms with E-state index < -0.39 is 0 Å². The largest absolute Gasteiger partial charge is 0.371 e. The minimum atomic E-state index is -0.208. The Kier molecular flexibility index (Phi) is 4.95. The SMILES string of the molecule is Fc1cccc([C@@H]2CN(Cc3ccc(N4CCCC4)nc3)CCO2)c1. The molecule has 2 aliphatic heterocycles. The van der Waals surface area contributed by atoms with Gasteiger partial charge in [-0.3, -0.25) is 4.90 Å². The van der Waals surface area contributed by atoms with Crippen molar-refractivity contribution in [3.05, 3.63) is 59.5 Å². The molecule has 0 amide bonds. The molecule has 2 fully saturated rings. The number of nitrogens with zero attached hydrogens (tertiary/aromatic N) is 3. The summed E-state index contributed by atoms with van der Waals surface area (Å²) in [6, 6.07) is 11.0. The third-order valence-corrected chi connectivity index (χ3v) is 5.02. The molecule has 3 heterocycles. The summed E-state index contributed by atoms with van der Waals surface area (Å²) in [4.78, 5) is 9.33. The molecule has 1 aromatic carbocycles. The molecule has 1 atom stereocenters. The van der Waals surface area contributed by atoms with Crippen LogP contribution in [0.5, 0.6) is 0 Å². The highest BCUT2D eigenvalue weighted by Gasteiger charge is 2.22. The van der Waals surface area contributed by atoms with E-state index >= 15 is 0 Å². The lowest BCUT2D eigenvalue weighted by atomic mass is 10.1. The molecule has 2 saturated heterocycles. The molecule has 0 bridgehead atoms. The molecule has 4 rings (SSSR count). The Morgan fingerprint density at radius 1 is 1.12 bits per heavy atom. The summed E-state index contributed by atoms with van der Waals surface area (Å²) in [6.07, 6.45) is 4.44. The number of ether oxygens (including phenoxy) is 1. The fourth-order valence-corrected chi connectivity index (χ4v) is 3.66. The molecule has 0 saturated carbocycles. The number of aromatic nitrogens is 1. The molecule has 1 aromatic heterocycles. The van der Waals surface area contributed by atoms with Gasteiger partial charge in [0.15, 0.2) is 0 Å². The van der Waals surface area contributed by atoms with Gasteiger partial charge in [-0.15, -0.1) is 0 Å². The van der Waals surface area contributed by atoms with E-state index in [1.165, 1.54) is 24.5 Å². The van der Waals surface area contributed by atoms with Crippen LogP contribution in [0.2, 0.25) is 0 Å². The molecule has 0 spiro atoms. The van der Waals surface area contributed by atoms with E-state index in [-0.39, 0.29) is 11.9 Å². The van der Waals surface area contributed by atoms with Crippen LogP contribution >= 0.6 is 0 Å². The van der Waals surface area contributed by atoms with Gasteiger partial charge in [0.25, 0.3) is 0 Å². The van der Waals surface area contributed by atoms with Crippen molar-refractivity contribution in [2.45, 2.75) is 25.5 Å². The molecular weight excluding hydrogens is 317 g/mol. The van der Waals surface area contributed by atoms with E-state index in [1.807, 2.05) is 12.3 Å². The van der Waals surface area contributed by atoms with Gasteiger partial charge in [0, 0.05) is 38.9 Å². The maximum Gasteiger partial charge on any atom is 0.128 e. The second-order valence-corrected chi connectivity index (χ2v) is 6.87. The Hall–Kier alpha value is -1.98. The first-order valence-corrected chi connectivity index (χ1v) is 9.07. The molecule has 2 aromatic rings. The van der Waals surface area contributed by atoms with Crippen molar-refractivity contribution in [2.24, 2.45) is 0 Å². The van der Waals surface area contributed by atoms with E-state index in [0.717, 1.165) is 44.1 Å². The van der Waals surface area contributed by atoms with Crippen molar-refractivity contribution in [1.29, 1.82) is 0 Å². The van der Waals surface area contributed by atoms with Gasteiger partial charge >= 0.3 is 0 Å². The summed E-state index contributed by atoms with van der Waals surface area (Å²) in [7, 11) is 0. The van der Waals surface area contributed by atoms with Crippen LogP contribution in [0.15, 0.2) is 42.6 Å². The van der Waals surface area contributed by atoms with Gasteiger partial charge in [0.2, 0.25) is 0 Å². The Balaban J connectivity index is 1.38. The van der Waals surface area contributed by atoms with Crippen molar-refractivity contribution >= 4 is 5.82 Å². The Morgan fingerprint density at radius 3 is 2.76 bits per heavy atom. The molecule has 0 aliphatic carbocycles. The highest BCUT2D eigenvalue weighted by molar-refractivity contribution is 5.40. The highest BCUT2D eigenvalue weighted by atomic mass is 19.1. The standard InChI is InChI=1S/C20H24FN3O/c21-18-5-3-4-17(12-18)19-15-23(10-11-25-19)14-16-6-7-20(22-13-16)24-8-1-2-9-24/h3-7,12-13,19H,1-2,8-11,14-15H2/t19-/m0/s1. The summed E-state index contributed by atoms with van der Waals surface area (Å²) in [6.45, 7) is 5.41. The second-order valence-electron chi connectivity index (χ2n) is 6.87. The minimum Gasteiger partial charge on any atom is -0.371 e. The first-order chi connectivity index (χ1) is 12.3. The molecule has 2 aliphatic rings. The van der Waals surface area contributed by atoms with Crippen molar-refractivity contribution < 1.29 is 9.13 Å². The predicted octanol–water partition coefficient (Wildman–Crippen LogP) is 3.39. The van der Waals surface area contributed by atoms with Gasteiger partial charge in [-0.1, -0.05) is 18.2 Å². The second kappa shape index (κ2) is 7.50. The maximum absolute atomic E-state index is 13.5. The summed E-state index contributed by atoms with van der Waals surface area (Å²) in [5, 5.41) is 0. The van der Waals surface area contributed by atoms with E-state index in [9.17, 15) is 4.39 Å². The molecule has 25 heavy (non-hydrogen) atoms. The monoisotopic (exact) mass is 341 g/mol. The van der Waals surface area contributed by atoms with Gasteiger partial charge in [0.05, 0.1) is 12.7 Å². The number of anilines is 1. The summed E-state index contributed by atoms with van der Waals surface area (Å²) in [5.74, 6) is 0.876. The summed E-state index contributed by atoms with van der Waals surface area (Å²) < 4.78 is 19.3. The Morgan fingerprint density at radius 2 is 2.00 bits per heavy atom. The Labute approximate surface area is 148 Å². The van der Waals surface area contributed by atoms with Crippen LogP contribution in [0, 0.1) is 5.82 Å². The topological polar surface area (TPSA) is 28.6 Å². The van der Waals surface area contributed by atoms with Gasteiger partial charge < -0.3 is 9.64 Å². The predicted molar refractivity (Wildman–Crippen MR) is 96.1 cm³/mol. The molecule has 5 heteroatoms. The van der Waals surface area contributed by atoms with Crippen LogP contribution < -0.4 is 4.90 Å². The minimum absolute atomic E-state index is 0.0683. The molecule has 132 valence electrons. The molecular formula is C20H24FN3O. The number of pyridine rings is 1. The van der Waals surface area contributed by atoms with Crippen LogP contribution in [0.1, 0.15) is 30.1 Å². The van der Waals surface area contributed by atoms with Gasteiger partial charge in [-0.25, -0.2) is 9.37 Å². The van der Waals surface area contributed by atoms with Crippen LogP contribution in [0.3, 0.4) is 0 Å². The zero-order valence-electron chi connectivity index (χ0n) is 14.4. The van der Waals surface area contributed by atoms with Crippen LogP contribution in [-0.2, 0) is 11.3 Å². The first-order valence-electron chi connectivity index (χ1n) is 9.07. The van der Waals surface area contributed by atoms with Gasteiger partial charge in [-0.2, -0.15) is 0 Å². The zero-order valence-corrected chi connectivity index (χ0v) is 14.4. The molecule has 0 N–H and O–H groups in total. The Bertz CT molecular complexity index is 700. The number of hydrogen-bond donors (Lipinski definition) is 0. The van der Waals surface area contributed by atoms with Crippen molar-refractivity contribution in [1.82, 2.24) is 9.88 Å². The smallest absolute Gasteiger partial charge is 0.128 e. The van der Waals surface area contributed by atoms with Crippen molar-refractivity contribution in [3.63, 3.8) is 0 Å². The summed E-state index contributed by atoms with van der Waals surface area (Å²) in [5.41, 5.74) is 2.12. The molecule has 0 unspecified atom stereocenters. The lowest BCUT2D eigenvalue weighted by Gasteiger charge is -2.33. The highest BCUT2D eigenvalue weighted by Crippen LogP contribution is 2.24. The first kappa shape index (κ1) is 16.5.